The van der Waals surface area contributed by atoms with Gasteiger partial charge in [-0.2, -0.15) is 13.0 Å². The third-order valence-electron chi connectivity index (χ3n) is 15.8. The number of aliphatic carboxylic acids is 4. The van der Waals surface area contributed by atoms with E-state index in [4.69, 9.17) is 0 Å². The predicted molar refractivity (Wildman–Crippen MR) is 332 cm³/mol. The monoisotopic (exact) mass is 1310 g/mol. The van der Waals surface area contributed by atoms with Crippen LogP contribution in [0.25, 0.3) is 0 Å². The number of fused-ring (bicyclic) bond motifs is 2. The van der Waals surface area contributed by atoms with Gasteiger partial charge in [-0.15, -0.1) is 20.4 Å². The first-order valence-corrected chi connectivity index (χ1v) is 33.3. The summed E-state index contributed by atoms with van der Waals surface area (Å²) in [6.45, 7) is 11.7. The number of anilines is 2. The number of thioether (sulfide) groups is 1. The molecule has 3 aromatic rings. The van der Waals surface area contributed by atoms with E-state index in [9.17, 15) is 75.1 Å². The second-order valence-corrected chi connectivity index (χ2v) is 26.7. The maximum absolute atomic E-state index is 12.9. The molecule has 6 rings (SSSR count). The number of amides is 2. The maximum Gasteiger partial charge on any atom is 0.320 e. The van der Waals surface area contributed by atoms with Gasteiger partial charge >= 0.3 is 23.9 Å². The van der Waals surface area contributed by atoms with Crippen molar-refractivity contribution < 1.29 is 79.7 Å². The largest absolute Gasteiger partial charge is 0.744 e. The second kappa shape index (κ2) is 32.6. The van der Waals surface area contributed by atoms with Gasteiger partial charge in [-0.1, -0.05) is 43.8 Å². The van der Waals surface area contributed by atoms with Crippen LogP contribution in [0.15, 0.2) is 87.4 Å². The number of carboxylic acids is 4. The Morgan fingerprint density at radius 3 is 1.82 bits per heavy atom. The number of hydrogen-bond acceptors (Lipinski definition) is 22. The van der Waals surface area contributed by atoms with Crippen molar-refractivity contribution in [3.63, 3.8) is 0 Å². The standard InChI is InChI=1S/C58H81N13O16S3/c1-6-70-44-18-16-40(89(82,83)84)35-42(44)57(2,3)47(70)13-9-7-10-14-48-58(4,5)43-36-41(90(85,86)87)17-19-45(43)71(48)25-12-8-11-15-49(72)60-24-34-88-56-64-62-55(63-65-56)61-23-22-59-50(73)21-20-46(54(80)81)69-32-30-67(38-52(76)77)28-26-66(37-51(74)75)27-29-68(31-33-69)39-53(78)79/h7,9-10,13-14,16-19,35-36,46H,6,8,11-12,15,20-34,37-39H2,1-5H3,(H8-,59,60,61,62,63,72,73,74,75,76,77,78,79,80,81,82,83,84,85,86,87). The summed E-state index contributed by atoms with van der Waals surface area (Å²) in [6.07, 6.45) is 11.6. The van der Waals surface area contributed by atoms with Crippen LogP contribution in [0, 0.1) is 0 Å². The van der Waals surface area contributed by atoms with E-state index in [0.717, 1.165) is 33.9 Å². The van der Waals surface area contributed by atoms with Gasteiger partial charge in [0.05, 0.1) is 34.8 Å². The first-order valence-electron chi connectivity index (χ1n) is 29.5. The molecule has 3 aliphatic rings. The second-order valence-electron chi connectivity index (χ2n) is 22.8. The number of unbranched alkanes of at least 4 members (excludes halogenated alkanes) is 2. The zero-order valence-electron chi connectivity index (χ0n) is 51.1. The summed E-state index contributed by atoms with van der Waals surface area (Å²) >= 11 is 1.23. The van der Waals surface area contributed by atoms with Gasteiger partial charge in [0.25, 0.3) is 16.1 Å². The zero-order chi connectivity index (χ0) is 66.0. The third kappa shape index (κ3) is 20.6. The van der Waals surface area contributed by atoms with Gasteiger partial charge in [0, 0.05) is 138 Å². The van der Waals surface area contributed by atoms with Gasteiger partial charge in [0.1, 0.15) is 22.7 Å². The van der Waals surface area contributed by atoms with Crippen LogP contribution in [0.1, 0.15) is 84.3 Å². The van der Waals surface area contributed by atoms with E-state index in [1.807, 2.05) is 65.0 Å². The van der Waals surface area contributed by atoms with E-state index in [1.165, 1.54) is 36.0 Å². The average molecular weight is 1310 g/mol. The molecule has 0 saturated carbocycles. The molecule has 0 aliphatic carbocycles. The Labute approximate surface area is 527 Å². The minimum absolute atomic E-state index is 0.0793. The molecule has 2 aromatic carbocycles. The van der Waals surface area contributed by atoms with Crippen molar-refractivity contribution >= 4 is 90.7 Å². The Morgan fingerprint density at radius 1 is 0.689 bits per heavy atom. The Hall–Kier alpha value is -7.30. The summed E-state index contributed by atoms with van der Waals surface area (Å²) in [5.74, 6) is -4.59. The highest BCUT2D eigenvalue weighted by atomic mass is 32.2. The topological polar surface area (TPSA) is 402 Å². The molecule has 29 nitrogen and oxygen atoms in total. The van der Waals surface area contributed by atoms with Gasteiger partial charge in [0.15, 0.2) is 5.71 Å². The van der Waals surface area contributed by atoms with Crippen molar-refractivity contribution in [2.75, 3.05) is 121 Å². The molecule has 4 heterocycles. The first-order chi connectivity index (χ1) is 42.5. The Morgan fingerprint density at radius 2 is 1.26 bits per heavy atom. The summed E-state index contributed by atoms with van der Waals surface area (Å²) in [5, 5.41) is 63.7. The van der Waals surface area contributed by atoms with Gasteiger partial charge in [0.2, 0.25) is 22.7 Å². The number of hydrogen-bond donors (Lipinski definition) is 8. The molecule has 0 bridgehead atoms. The summed E-state index contributed by atoms with van der Waals surface area (Å²) in [5.41, 5.74) is 3.61. The van der Waals surface area contributed by atoms with E-state index in [-0.39, 0.29) is 131 Å². The van der Waals surface area contributed by atoms with Crippen LogP contribution in [0.4, 0.5) is 17.3 Å². The molecule has 8 N–H and O–H groups in total. The molecule has 1 aromatic heterocycles. The summed E-state index contributed by atoms with van der Waals surface area (Å²) in [7, 11) is -9.13. The van der Waals surface area contributed by atoms with Crippen molar-refractivity contribution in [1.82, 2.24) is 50.6 Å². The van der Waals surface area contributed by atoms with Gasteiger partial charge < -0.3 is 45.8 Å². The first kappa shape index (κ1) is 71.8. The van der Waals surface area contributed by atoms with Crippen LogP contribution in [-0.4, -0.2) is 249 Å². The lowest BCUT2D eigenvalue weighted by Gasteiger charge is -2.35. The highest BCUT2D eigenvalue weighted by molar-refractivity contribution is 7.99. The van der Waals surface area contributed by atoms with E-state index in [0.29, 0.717) is 44.6 Å². The molecular weight excluding hydrogens is 1230 g/mol. The minimum atomic E-state index is -4.65. The number of carbonyl (C=O) groups excluding carboxylic acids is 2. The molecular formula is C58H81N13O16S3. The Kier molecular flexibility index (Phi) is 26.0. The lowest BCUT2D eigenvalue weighted by atomic mass is 9.81. The number of nitrogens with zero attached hydrogens (tertiary/aromatic N) is 10. The molecule has 3 aliphatic heterocycles. The third-order valence-corrected chi connectivity index (χ3v) is 18.3. The summed E-state index contributed by atoms with van der Waals surface area (Å²) in [6, 6.07) is 7.84. The number of allylic oxidation sites excluding steroid dienone is 6. The number of rotatable bonds is 31. The highest BCUT2D eigenvalue weighted by Gasteiger charge is 2.45. The number of carboxylic acid groups (broad SMARTS) is 4. The smallest absolute Gasteiger partial charge is 0.320 e. The van der Waals surface area contributed by atoms with Crippen molar-refractivity contribution in [1.29, 1.82) is 0 Å². The van der Waals surface area contributed by atoms with E-state index >= 15 is 0 Å². The van der Waals surface area contributed by atoms with Crippen molar-refractivity contribution in [2.45, 2.75) is 105 Å². The fraction of sp³-hybridized carbons (Fsp3) is 0.534. The van der Waals surface area contributed by atoms with Crippen LogP contribution in [0.3, 0.4) is 0 Å². The minimum Gasteiger partial charge on any atom is -0.744 e. The number of carbonyl (C=O) groups is 6. The fourth-order valence-corrected chi connectivity index (χ4v) is 12.8. The van der Waals surface area contributed by atoms with Crippen LogP contribution in [-0.2, 0) is 59.8 Å². The maximum atomic E-state index is 12.9. The normalized spacial score (nSPS) is 17.9. The Balaban J connectivity index is 0.926. The quantitative estimate of drug-likeness (QED) is 0.0151. The molecule has 32 heteroatoms. The number of likely N-dealkylation sites (N-methyl/N-ethyl adjacent to an activating group) is 1. The van der Waals surface area contributed by atoms with Crippen LogP contribution >= 0.6 is 11.8 Å². The number of nitrogens with one attached hydrogen (secondary N) is 3. The summed E-state index contributed by atoms with van der Waals surface area (Å²) < 4.78 is 72.0. The molecule has 0 radical (unpaired) electrons. The molecule has 492 valence electrons. The van der Waals surface area contributed by atoms with Gasteiger partial charge in [-0.05, 0) is 82.0 Å². The molecule has 1 unspecified atom stereocenters. The van der Waals surface area contributed by atoms with Crippen LogP contribution in [0.2, 0.25) is 0 Å². The van der Waals surface area contributed by atoms with Gasteiger partial charge in [-0.25, -0.2) is 8.42 Å². The lowest BCUT2D eigenvalue weighted by molar-refractivity contribution is -0.438. The van der Waals surface area contributed by atoms with Crippen molar-refractivity contribution in [3.8, 4) is 0 Å². The molecule has 0 spiro atoms. The SMILES string of the molecule is CCN1C(=CC=CC=CC2=[N+](CCCCCC(=O)NCCSc3nnc(NCCNC(=O)CCC(C(=O)O)N4CCN(CC(=O)O)CCN(CC(=O)O)CCN(CC(=O)O)CC4)nn3)c3ccc(S(=O)(=O)O)cc3C2(C)C)C(C)(C)c2cc(S(=O)(=O)[O-])ccc21. The van der Waals surface area contributed by atoms with Crippen molar-refractivity contribution in [2.24, 2.45) is 0 Å². The zero-order valence-corrected chi connectivity index (χ0v) is 53.6. The Bertz CT molecular complexity index is 3400. The van der Waals surface area contributed by atoms with E-state index < -0.39 is 66.9 Å². The molecule has 1 saturated heterocycles. The highest BCUT2D eigenvalue weighted by Crippen LogP contribution is 2.48. The summed E-state index contributed by atoms with van der Waals surface area (Å²) in [4.78, 5) is 81.2. The van der Waals surface area contributed by atoms with Crippen LogP contribution < -0.4 is 20.9 Å². The molecule has 1 fully saturated rings. The average Bonchev–Trinajstić information content (AvgIpc) is 1.60. The van der Waals surface area contributed by atoms with Crippen molar-refractivity contribution in [3.05, 3.63) is 83.6 Å². The van der Waals surface area contributed by atoms with E-state index in [2.05, 4.69) is 45.8 Å². The van der Waals surface area contributed by atoms with E-state index in [1.54, 1.807) is 31.7 Å². The number of benzene rings is 2. The van der Waals surface area contributed by atoms with Gasteiger partial charge in [-0.3, -0.25) is 52.9 Å². The van der Waals surface area contributed by atoms with Crippen LogP contribution in [0.5, 0.6) is 0 Å². The predicted octanol–water partition coefficient (Wildman–Crippen LogP) is 2.31. The number of aromatic nitrogens is 4. The molecule has 90 heavy (non-hydrogen) atoms. The molecule has 2 amide bonds. The molecule has 1 atom stereocenters. The fourth-order valence-electron chi connectivity index (χ4n) is 11.2. The lowest BCUT2D eigenvalue weighted by Crippen LogP contribution is -2.52.